The SMILES string of the molecule is N#CC1CCCN1C(=O)CN1CC[C@H](Oc2ccnc3cc(C(F)(F)F)ccc23)C1. The Bertz CT molecular complexity index is 988. The quantitative estimate of drug-likeness (QED) is 0.763. The number of hydrogen-bond donors (Lipinski definition) is 0. The molecular weight excluding hydrogens is 397 g/mol. The molecule has 2 aliphatic heterocycles. The van der Waals surface area contributed by atoms with Crippen LogP contribution in [0.15, 0.2) is 30.5 Å². The monoisotopic (exact) mass is 418 g/mol. The number of nitrogens with zero attached hydrogens (tertiary/aromatic N) is 4. The van der Waals surface area contributed by atoms with E-state index in [1.807, 2.05) is 4.90 Å². The molecule has 1 aromatic carbocycles. The van der Waals surface area contributed by atoms with Crippen molar-refractivity contribution in [1.29, 1.82) is 5.26 Å². The van der Waals surface area contributed by atoms with Crippen molar-refractivity contribution in [3.8, 4) is 11.8 Å². The molecule has 1 amide bonds. The zero-order chi connectivity index (χ0) is 21.3. The summed E-state index contributed by atoms with van der Waals surface area (Å²) in [5, 5.41) is 9.68. The zero-order valence-electron chi connectivity index (χ0n) is 16.2. The Morgan fingerprint density at radius 3 is 2.87 bits per heavy atom. The summed E-state index contributed by atoms with van der Waals surface area (Å²) >= 11 is 0. The first-order chi connectivity index (χ1) is 14.3. The molecule has 4 rings (SSSR count). The molecule has 2 fully saturated rings. The van der Waals surface area contributed by atoms with Gasteiger partial charge in [-0.1, -0.05) is 0 Å². The number of rotatable bonds is 4. The Kier molecular flexibility index (Phi) is 5.52. The van der Waals surface area contributed by atoms with Gasteiger partial charge in [-0.2, -0.15) is 18.4 Å². The Morgan fingerprint density at radius 2 is 2.10 bits per heavy atom. The van der Waals surface area contributed by atoms with Gasteiger partial charge in [0.1, 0.15) is 17.9 Å². The van der Waals surface area contributed by atoms with Crippen molar-refractivity contribution in [2.24, 2.45) is 0 Å². The molecule has 2 aliphatic rings. The second-order valence-corrected chi connectivity index (χ2v) is 7.68. The summed E-state index contributed by atoms with van der Waals surface area (Å²) in [6.45, 7) is 2.09. The molecule has 1 aromatic heterocycles. The smallest absolute Gasteiger partial charge is 0.416 e. The summed E-state index contributed by atoms with van der Waals surface area (Å²) < 4.78 is 44.9. The van der Waals surface area contributed by atoms with Gasteiger partial charge in [-0.15, -0.1) is 0 Å². The van der Waals surface area contributed by atoms with Crippen LogP contribution in [0, 0.1) is 11.3 Å². The molecule has 3 heterocycles. The molecule has 9 heteroatoms. The van der Waals surface area contributed by atoms with Gasteiger partial charge in [-0.05, 0) is 43.5 Å². The molecule has 0 bridgehead atoms. The molecule has 158 valence electrons. The number of aromatic nitrogens is 1. The minimum atomic E-state index is -4.43. The number of nitriles is 1. The molecular formula is C21H21F3N4O2. The lowest BCUT2D eigenvalue weighted by atomic mass is 10.1. The number of carbonyl (C=O) groups excluding carboxylic acids is 1. The molecule has 2 saturated heterocycles. The number of hydrogen-bond acceptors (Lipinski definition) is 5. The number of pyridine rings is 1. The average Bonchev–Trinajstić information content (AvgIpc) is 3.36. The summed E-state index contributed by atoms with van der Waals surface area (Å²) in [7, 11) is 0. The highest BCUT2D eigenvalue weighted by Gasteiger charge is 2.33. The highest BCUT2D eigenvalue weighted by molar-refractivity contribution is 5.85. The second-order valence-electron chi connectivity index (χ2n) is 7.68. The van der Waals surface area contributed by atoms with Gasteiger partial charge in [0.25, 0.3) is 0 Å². The third kappa shape index (κ3) is 4.19. The first kappa shape index (κ1) is 20.4. The van der Waals surface area contributed by atoms with Crippen molar-refractivity contribution in [3.05, 3.63) is 36.0 Å². The fourth-order valence-electron chi connectivity index (χ4n) is 4.10. The minimum absolute atomic E-state index is 0.0475. The Morgan fingerprint density at radius 1 is 1.27 bits per heavy atom. The maximum absolute atomic E-state index is 12.9. The number of fused-ring (bicyclic) bond motifs is 1. The molecule has 0 aliphatic carbocycles. The zero-order valence-corrected chi connectivity index (χ0v) is 16.2. The average molecular weight is 418 g/mol. The molecule has 6 nitrogen and oxygen atoms in total. The van der Waals surface area contributed by atoms with E-state index in [2.05, 4.69) is 11.1 Å². The van der Waals surface area contributed by atoms with Crippen LogP contribution in [-0.2, 0) is 11.0 Å². The Labute approximate surface area is 171 Å². The maximum atomic E-state index is 12.9. The third-order valence-corrected chi connectivity index (χ3v) is 5.63. The summed E-state index contributed by atoms with van der Waals surface area (Å²) in [6.07, 6.45) is -0.885. The summed E-state index contributed by atoms with van der Waals surface area (Å²) in [6, 6.07) is 6.91. The van der Waals surface area contributed by atoms with E-state index >= 15 is 0 Å². The van der Waals surface area contributed by atoms with Gasteiger partial charge >= 0.3 is 6.18 Å². The lowest BCUT2D eigenvalue weighted by Gasteiger charge is -2.23. The lowest BCUT2D eigenvalue weighted by molar-refractivity contribution is -0.137. The molecule has 0 spiro atoms. The van der Waals surface area contributed by atoms with Crippen LogP contribution in [0.25, 0.3) is 10.9 Å². The van der Waals surface area contributed by atoms with E-state index in [-0.39, 0.29) is 30.1 Å². The van der Waals surface area contributed by atoms with E-state index in [0.29, 0.717) is 37.2 Å². The maximum Gasteiger partial charge on any atom is 0.416 e. The third-order valence-electron chi connectivity index (χ3n) is 5.63. The van der Waals surface area contributed by atoms with Gasteiger partial charge in [-0.25, -0.2) is 0 Å². The Hall–Kier alpha value is -2.86. The second kappa shape index (κ2) is 8.11. The lowest BCUT2D eigenvalue weighted by Crippen LogP contribution is -2.42. The van der Waals surface area contributed by atoms with E-state index < -0.39 is 11.7 Å². The van der Waals surface area contributed by atoms with Crippen molar-refractivity contribution in [1.82, 2.24) is 14.8 Å². The van der Waals surface area contributed by atoms with E-state index in [0.717, 1.165) is 25.0 Å². The fraction of sp³-hybridized carbons (Fsp3) is 0.476. The number of amides is 1. The standard InChI is InChI=1S/C21H21F3N4O2/c22-21(23,24)14-3-4-17-18(10-14)26-7-5-19(17)30-16-6-9-27(12-16)13-20(29)28-8-1-2-15(28)11-25/h3-5,7,10,15-16H,1-2,6,8-9,12-13H2/t15?,16-/m0/s1. The number of carbonyl (C=O) groups is 1. The fourth-order valence-corrected chi connectivity index (χ4v) is 4.10. The van der Waals surface area contributed by atoms with Gasteiger partial charge < -0.3 is 9.64 Å². The molecule has 2 aromatic rings. The molecule has 30 heavy (non-hydrogen) atoms. The number of halogens is 3. The number of benzene rings is 1. The minimum Gasteiger partial charge on any atom is -0.488 e. The van der Waals surface area contributed by atoms with Crippen LogP contribution in [-0.4, -0.2) is 59.0 Å². The topological polar surface area (TPSA) is 69.5 Å². The molecule has 0 N–H and O–H groups in total. The van der Waals surface area contributed by atoms with Gasteiger partial charge in [-0.3, -0.25) is 14.7 Å². The number of ether oxygens (including phenoxy) is 1. The van der Waals surface area contributed by atoms with Crippen molar-refractivity contribution in [3.63, 3.8) is 0 Å². The number of likely N-dealkylation sites (tertiary alicyclic amines) is 2. The van der Waals surface area contributed by atoms with Crippen LogP contribution < -0.4 is 4.74 Å². The van der Waals surface area contributed by atoms with E-state index in [1.54, 1.807) is 11.0 Å². The largest absolute Gasteiger partial charge is 0.488 e. The Balaban J connectivity index is 1.40. The highest BCUT2D eigenvalue weighted by atomic mass is 19.4. The summed E-state index contributed by atoms with van der Waals surface area (Å²) in [5.41, 5.74) is -0.522. The van der Waals surface area contributed by atoms with Crippen molar-refractivity contribution >= 4 is 16.8 Å². The van der Waals surface area contributed by atoms with Crippen LogP contribution in [0.2, 0.25) is 0 Å². The van der Waals surface area contributed by atoms with Crippen molar-refractivity contribution in [2.45, 2.75) is 37.6 Å². The van der Waals surface area contributed by atoms with Crippen LogP contribution >= 0.6 is 0 Å². The molecule has 0 radical (unpaired) electrons. The highest BCUT2D eigenvalue weighted by Crippen LogP contribution is 2.34. The normalized spacial score (nSPS) is 22.4. The van der Waals surface area contributed by atoms with Gasteiger partial charge in [0.15, 0.2) is 0 Å². The van der Waals surface area contributed by atoms with Crippen LogP contribution in [0.5, 0.6) is 5.75 Å². The van der Waals surface area contributed by atoms with Crippen molar-refractivity contribution < 1.29 is 22.7 Å². The predicted octanol–water partition coefficient (Wildman–Crippen LogP) is 3.22. The number of alkyl halides is 3. The molecule has 1 unspecified atom stereocenters. The van der Waals surface area contributed by atoms with E-state index in [9.17, 15) is 18.0 Å². The molecule has 0 saturated carbocycles. The first-order valence-corrected chi connectivity index (χ1v) is 9.89. The van der Waals surface area contributed by atoms with Gasteiger partial charge in [0.2, 0.25) is 5.91 Å². The van der Waals surface area contributed by atoms with E-state index in [4.69, 9.17) is 10.00 Å². The van der Waals surface area contributed by atoms with Gasteiger partial charge in [0, 0.05) is 31.2 Å². The first-order valence-electron chi connectivity index (χ1n) is 9.89. The van der Waals surface area contributed by atoms with Crippen LogP contribution in [0.4, 0.5) is 13.2 Å². The van der Waals surface area contributed by atoms with Crippen LogP contribution in [0.3, 0.4) is 0 Å². The molecule has 2 atom stereocenters. The summed E-state index contributed by atoms with van der Waals surface area (Å²) in [4.78, 5) is 20.2. The van der Waals surface area contributed by atoms with Crippen LogP contribution in [0.1, 0.15) is 24.8 Å². The summed E-state index contributed by atoms with van der Waals surface area (Å²) in [5.74, 6) is 0.435. The van der Waals surface area contributed by atoms with Crippen molar-refractivity contribution in [2.75, 3.05) is 26.2 Å². The predicted molar refractivity (Wildman–Crippen MR) is 103 cm³/mol. The van der Waals surface area contributed by atoms with Gasteiger partial charge in [0.05, 0.1) is 23.7 Å². The van der Waals surface area contributed by atoms with E-state index in [1.165, 1.54) is 12.3 Å².